The van der Waals surface area contributed by atoms with Gasteiger partial charge < -0.3 is 9.73 Å². The molecule has 1 aliphatic rings. The number of carbonyl (C=O) groups excluding carboxylic acids is 1. The first-order valence-electron chi connectivity index (χ1n) is 6.97. The van der Waals surface area contributed by atoms with Crippen LogP contribution in [0.4, 0.5) is 0 Å². The molecule has 7 heteroatoms. The average molecular weight is 342 g/mol. The maximum absolute atomic E-state index is 12.3. The monoisotopic (exact) mass is 341 g/mol. The molecule has 1 unspecified atom stereocenters. The van der Waals surface area contributed by atoms with Crippen molar-refractivity contribution in [2.75, 3.05) is 11.5 Å². The van der Waals surface area contributed by atoms with E-state index >= 15 is 0 Å². The second kappa shape index (κ2) is 5.28. The van der Waals surface area contributed by atoms with Crippen LogP contribution >= 0.6 is 11.6 Å². The smallest absolute Gasteiger partial charge is 0.287 e. The Balaban J connectivity index is 1.90. The minimum atomic E-state index is -3.03. The molecule has 0 saturated carbocycles. The SMILES string of the molecule is Cc1cc2oc(C(=O)NC3CCS(=O)(=O)C3)c(C)c2cc1Cl. The third-order valence-electron chi connectivity index (χ3n) is 3.99. The van der Waals surface area contributed by atoms with E-state index in [0.717, 1.165) is 10.9 Å². The molecule has 1 N–H and O–H groups in total. The van der Waals surface area contributed by atoms with E-state index in [1.807, 2.05) is 6.92 Å². The first-order chi connectivity index (χ1) is 10.3. The van der Waals surface area contributed by atoms with Crippen molar-refractivity contribution in [2.24, 2.45) is 0 Å². The number of halogens is 1. The summed E-state index contributed by atoms with van der Waals surface area (Å²) in [6, 6.07) is 3.22. The van der Waals surface area contributed by atoms with Crippen LogP contribution in [0, 0.1) is 13.8 Å². The lowest BCUT2D eigenvalue weighted by Gasteiger charge is -2.09. The van der Waals surface area contributed by atoms with Gasteiger partial charge in [0.05, 0.1) is 11.5 Å². The van der Waals surface area contributed by atoms with Crippen molar-refractivity contribution in [2.45, 2.75) is 26.3 Å². The molecular formula is C15H16ClNO4S. The number of rotatable bonds is 2. The topological polar surface area (TPSA) is 76.4 Å². The Morgan fingerprint density at radius 1 is 1.36 bits per heavy atom. The van der Waals surface area contributed by atoms with Gasteiger partial charge in [0.25, 0.3) is 5.91 Å². The zero-order valence-corrected chi connectivity index (χ0v) is 13.8. The summed E-state index contributed by atoms with van der Waals surface area (Å²) in [5.74, 6) is -0.0695. The number of sulfone groups is 1. The van der Waals surface area contributed by atoms with E-state index in [-0.39, 0.29) is 29.2 Å². The molecule has 1 saturated heterocycles. The largest absolute Gasteiger partial charge is 0.451 e. The van der Waals surface area contributed by atoms with Gasteiger partial charge in [-0.05, 0) is 38.0 Å². The summed E-state index contributed by atoms with van der Waals surface area (Å²) in [5, 5.41) is 4.14. The maximum Gasteiger partial charge on any atom is 0.287 e. The highest BCUT2D eigenvalue weighted by Gasteiger charge is 2.30. The Kier molecular flexibility index (Phi) is 3.69. The number of carbonyl (C=O) groups is 1. The van der Waals surface area contributed by atoms with Crippen molar-refractivity contribution < 1.29 is 17.6 Å². The van der Waals surface area contributed by atoms with Gasteiger partial charge >= 0.3 is 0 Å². The van der Waals surface area contributed by atoms with Gasteiger partial charge in [-0.3, -0.25) is 4.79 Å². The van der Waals surface area contributed by atoms with Crippen molar-refractivity contribution in [1.82, 2.24) is 5.32 Å². The van der Waals surface area contributed by atoms with Gasteiger partial charge in [0, 0.05) is 22.0 Å². The quantitative estimate of drug-likeness (QED) is 0.911. The fraction of sp³-hybridized carbons (Fsp3) is 0.400. The molecule has 0 spiro atoms. The molecule has 1 aromatic heterocycles. The summed E-state index contributed by atoms with van der Waals surface area (Å²) in [4.78, 5) is 12.3. The molecule has 1 aromatic carbocycles. The van der Waals surface area contributed by atoms with E-state index in [4.69, 9.17) is 16.0 Å². The minimum absolute atomic E-state index is 0.0110. The van der Waals surface area contributed by atoms with Crippen LogP contribution in [0.5, 0.6) is 0 Å². The summed E-state index contributed by atoms with van der Waals surface area (Å²) in [5.41, 5.74) is 2.18. The second-order valence-corrected chi connectivity index (χ2v) is 8.36. The van der Waals surface area contributed by atoms with Crippen molar-refractivity contribution >= 4 is 38.3 Å². The summed E-state index contributed by atoms with van der Waals surface area (Å²) < 4.78 is 28.5. The van der Waals surface area contributed by atoms with E-state index in [9.17, 15) is 13.2 Å². The number of fused-ring (bicyclic) bond motifs is 1. The Hall–Kier alpha value is -1.53. The van der Waals surface area contributed by atoms with Crippen LogP contribution in [0.25, 0.3) is 11.0 Å². The van der Waals surface area contributed by atoms with Crippen molar-refractivity contribution in [3.63, 3.8) is 0 Å². The van der Waals surface area contributed by atoms with Gasteiger partial charge in [0.15, 0.2) is 15.6 Å². The molecule has 5 nitrogen and oxygen atoms in total. The fourth-order valence-electron chi connectivity index (χ4n) is 2.72. The van der Waals surface area contributed by atoms with Gasteiger partial charge in [-0.2, -0.15) is 0 Å². The first-order valence-corrected chi connectivity index (χ1v) is 9.17. The Morgan fingerprint density at radius 2 is 2.09 bits per heavy atom. The average Bonchev–Trinajstić information content (AvgIpc) is 2.92. The second-order valence-electron chi connectivity index (χ2n) is 5.73. The van der Waals surface area contributed by atoms with E-state index in [0.29, 0.717) is 22.6 Å². The van der Waals surface area contributed by atoms with Crippen LogP contribution in [-0.4, -0.2) is 31.9 Å². The third kappa shape index (κ3) is 2.73. The van der Waals surface area contributed by atoms with Crippen LogP contribution in [0.3, 0.4) is 0 Å². The Labute approximate surface area is 133 Å². The van der Waals surface area contributed by atoms with Gasteiger partial charge in [-0.25, -0.2) is 8.42 Å². The molecule has 2 aromatic rings. The Bertz CT molecular complexity index is 869. The van der Waals surface area contributed by atoms with Gasteiger partial charge in [-0.1, -0.05) is 11.6 Å². The lowest BCUT2D eigenvalue weighted by atomic mass is 10.1. The molecule has 1 fully saturated rings. The normalized spacial score (nSPS) is 20.4. The van der Waals surface area contributed by atoms with Gasteiger partial charge in [-0.15, -0.1) is 0 Å². The highest BCUT2D eigenvalue weighted by Crippen LogP contribution is 2.30. The summed E-state index contributed by atoms with van der Waals surface area (Å²) >= 11 is 6.11. The Morgan fingerprint density at radius 3 is 2.73 bits per heavy atom. The van der Waals surface area contributed by atoms with E-state index in [1.54, 1.807) is 19.1 Å². The zero-order valence-electron chi connectivity index (χ0n) is 12.3. The number of aryl methyl sites for hydroxylation is 2. The number of hydrogen-bond acceptors (Lipinski definition) is 4. The van der Waals surface area contributed by atoms with Crippen LogP contribution in [0.1, 0.15) is 28.1 Å². The summed E-state index contributed by atoms with van der Waals surface area (Å²) in [7, 11) is -3.03. The van der Waals surface area contributed by atoms with Crippen LogP contribution in [0.15, 0.2) is 16.5 Å². The number of furan rings is 1. The predicted octanol–water partition coefficient (Wildman–Crippen LogP) is 2.62. The van der Waals surface area contributed by atoms with E-state index in [1.165, 1.54) is 0 Å². The fourth-order valence-corrected chi connectivity index (χ4v) is 4.55. The first kappa shape index (κ1) is 15.4. The molecule has 1 aliphatic heterocycles. The molecule has 3 rings (SSSR count). The van der Waals surface area contributed by atoms with Gasteiger partial charge in [0.1, 0.15) is 5.58 Å². The zero-order chi connectivity index (χ0) is 16.1. The van der Waals surface area contributed by atoms with Crippen LogP contribution in [0.2, 0.25) is 5.02 Å². The lowest BCUT2D eigenvalue weighted by molar-refractivity contribution is 0.0914. The van der Waals surface area contributed by atoms with Crippen LogP contribution in [-0.2, 0) is 9.84 Å². The number of nitrogens with one attached hydrogen (secondary N) is 1. The standard InChI is InChI=1S/C15H16ClNO4S/c1-8-5-13-11(6-12(8)16)9(2)14(21-13)15(18)17-10-3-4-22(19,20)7-10/h5-6,10H,3-4,7H2,1-2H3,(H,17,18). The molecule has 0 radical (unpaired) electrons. The van der Waals surface area contributed by atoms with E-state index < -0.39 is 9.84 Å². The highest BCUT2D eigenvalue weighted by atomic mass is 35.5. The van der Waals surface area contributed by atoms with Crippen molar-refractivity contribution in [3.05, 3.63) is 34.0 Å². The number of amides is 1. The summed E-state index contributed by atoms with van der Waals surface area (Å²) in [6.45, 7) is 3.65. The maximum atomic E-state index is 12.3. The molecule has 1 atom stereocenters. The predicted molar refractivity (Wildman–Crippen MR) is 85.2 cm³/mol. The number of benzene rings is 1. The molecule has 22 heavy (non-hydrogen) atoms. The van der Waals surface area contributed by atoms with Crippen molar-refractivity contribution in [1.29, 1.82) is 0 Å². The summed E-state index contributed by atoms with van der Waals surface area (Å²) in [6.07, 6.45) is 0.443. The molecule has 118 valence electrons. The molecule has 2 heterocycles. The number of hydrogen-bond donors (Lipinski definition) is 1. The molecule has 0 bridgehead atoms. The lowest BCUT2D eigenvalue weighted by Crippen LogP contribution is -2.35. The van der Waals surface area contributed by atoms with E-state index in [2.05, 4.69) is 5.32 Å². The third-order valence-corrected chi connectivity index (χ3v) is 6.17. The van der Waals surface area contributed by atoms with Crippen LogP contribution < -0.4 is 5.32 Å². The van der Waals surface area contributed by atoms with Crippen molar-refractivity contribution in [3.8, 4) is 0 Å². The minimum Gasteiger partial charge on any atom is -0.451 e. The molecular weight excluding hydrogens is 326 g/mol. The molecule has 0 aliphatic carbocycles. The van der Waals surface area contributed by atoms with Gasteiger partial charge in [0.2, 0.25) is 0 Å². The molecule has 1 amide bonds. The highest BCUT2D eigenvalue weighted by molar-refractivity contribution is 7.91.